The number of hydrogen-bond donors (Lipinski definition) is 1. The molecule has 2 aromatic rings. The molecule has 27 heavy (non-hydrogen) atoms. The molecule has 1 saturated carbocycles. The molecule has 1 aromatic carbocycles. The normalized spacial score (nSPS) is 24.3. The molecule has 2 atom stereocenters. The van der Waals surface area contributed by atoms with Crippen LogP contribution in [0.1, 0.15) is 41.0 Å². The molecule has 4 rings (SSSR count). The number of likely N-dealkylation sites (tertiary alicyclic amines) is 1. The van der Waals surface area contributed by atoms with Crippen molar-refractivity contribution in [1.82, 2.24) is 14.7 Å². The Bertz CT molecular complexity index is 939. The van der Waals surface area contributed by atoms with Gasteiger partial charge in [0.2, 0.25) is 0 Å². The summed E-state index contributed by atoms with van der Waals surface area (Å²) in [5.41, 5.74) is 1.28. The lowest BCUT2D eigenvalue weighted by Gasteiger charge is -2.23. The van der Waals surface area contributed by atoms with Crippen LogP contribution in [0.25, 0.3) is 5.69 Å². The number of aromatic nitrogens is 2. The molecule has 1 amide bonds. The molecule has 0 unspecified atom stereocenters. The Morgan fingerprint density at radius 2 is 2.07 bits per heavy atom. The van der Waals surface area contributed by atoms with Gasteiger partial charge in [-0.3, -0.25) is 9.59 Å². The Hall–Kier alpha value is -2.70. The molecule has 0 bridgehead atoms. The van der Waals surface area contributed by atoms with E-state index in [1.807, 2.05) is 19.9 Å². The second-order valence-corrected chi connectivity index (χ2v) is 7.74. The highest BCUT2D eigenvalue weighted by atomic mass is 19.1. The third-order valence-corrected chi connectivity index (χ3v) is 6.02. The van der Waals surface area contributed by atoms with Crippen molar-refractivity contribution in [3.8, 4) is 5.69 Å². The van der Waals surface area contributed by atoms with E-state index in [2.05, 4.69) is 5.10 Å². The van der Waals surface area contributed by atoms with Crippen LogP contribution < -0.4 is 0 Å². The number of fused-ring (bicyclic) bond motifs is 1. The fraction of sp³-hybridized carbons (Fsp3) is 0.450. The van der Waals surface area contributed by atoms with E-state index in [0.29, 0.717) is 13.0 Å². The number of carboxylic acid groups (broad SMARTS) is 1. The van der Waals surface area contributed by atoms with Gasteiger partial charge in [0.05, 0.1) is 11.1 Å². The van der Waals surface area contributed by atoms with Crippen molar-refractivity contribution >= 4 is 11.9 Å². The SMILES string of the molecule is Cc1cc(C)n(-c2ccc(C(=O)N3C[C@@H]4CCC[C@@]4(C(=O)O)C3)cc2F)n1. The number of hydrogen-bond acceptors (Lipinski definition) is 3. The molecule has 7 heteroatoms. The number of aryl methyl sites for hydroxylation is 2. The van der Waals surface area contributed by atoms with Crippen LogP contribution in [0.2, 0.25) is 0 Å². The van der Waals surface area contributed by atoms with Crippen molar-refractivity contribution in [2.24, 2.45) is 11.3 Å². The zero-order chi connectivity index (χ0) is 19.3. The van der Waals surface area contributed by atoms with Crippen molar-refractivity contribution in [3.63, 3.8) is 0 Å². The van der Waals surface area contributed by atoms with Crippen LogP contribution in [0.15, 0.2) is 24.3 Å². The minimum Gasteiger partial charge on any atom is -0.481 e. The Morgan fingerprint density at radius 3 is 2.67 bits per heavy atom. The van der Waals surface area contributed by atoms with Gasteiger partial charge in [-0.05, 0) is 56.9 Å². The van der Waals surface area contributed by atoms with Crippen LogP contribution in [0.4, 0.5) is 4.39 Å². The first-order valence-electron chi connectivity index (χ1n) is 9.18. The summed E-state index contributed by atoms with van der Waals surface area (Å²) in [7, 11) is 0. The molecule has 1 aliphatic carbocycles. The van der Waals surface area contributed by atoms with Gasteiger partial charge in [0, 0.05) is 24.3 Å². The number of nitrogens with zero attached hydrogens (tertiary/aromatic N) is 3. The summed E-state index contributed by atoms with van der Waals surface area (Å²) in [5.74, 6) is -1.69. The molecule has 0 radical (unpaired) electrons. The topological polar surface area (TPSA) is 75.4 Å². The molecule has 0 spiro atoms. The first kappa shape index (κ1) is 17.7. The molecule has 2 fully saturated rings. The third kappa shape index (κ3) is 2.72. The second kappa shape index (κ2) is 6.18. The molecular weight excluding hydrogens is 349 g/mol. The number of carbonyl (C=O) groups is 2. The predicted octanol–water partition coefficient (Wildman–Crippen LogP) is 2.96. The van der Waals surface area contributed by atoms with E-state index in [0.717, 1.165) is 24.2 Å². The van der Waals surface area contributed by atoms with Crippen molar-refractivity contribution in [2.75, 3.05) is 13.1 Å². The fourth-order valence-electron chi connectivity index (χ4n) is 4.66. The maximum atomic E-state index is 14.7. The zero-order valence-corrected chi connectivity index (χ0v) is 15.4. The molecule has 6 nitrogen and oxygen atoms in total. The summed E-state index contributed by atoms with van der Waals surface area (Å²) in [6, 6.07) is 6.20. The van der Waals surface area contributed by atoms with E-state index in [-0.39, 0.29) is 29.6 Å². The summed E-state index contributed by atoms with van der Waals surface area (Å²) >= 11 is 0. The maximum absolute atomic E-state index is 14.7. The summed E-state index contributed by atoms with van der Waals surface area (Å²) in [6.07, 6.45) is 2.30. The predicted molar refractivity (Wildman–Crippen MR) is 96.3 cm³/mol. The van der Waals surface area contributed by atoms with Crippen LogP contribution in [-0.2, 0) is 4.79 Å². The molecular formula is C20H22FN3O3. The van der Waals surface area contributed by atoms with Gasteiger partial charge in [-0.25, -0.2) is 9.07 Å². The first-order valence-corrected chi connectivity index (χ1v) is 9.18. The van der Waals surface area contributed by atoms with E-state index in [1.165, 1.54) is 10.7 Å². The quantitative estimate of drug-likeness (QED) is 0.900. The molecule has 2 heterocycles. The molecule has 1 aliphatic heterocycles. The smallest absolute Gasteiger partial charge is 0.311 e. The first-order chi connectivity index (χ1) is 12.8. The maximum Gasteiger partial charge on any atom is 0.311 e. The molecule has 1 aromatic heterocycles. The van der Waals surface area contributed by atoms with Gasteiger partial charge in [-0.15, -0.1) is 0 Å². The Kier molecular flexibility index (Phi) is 4.05. The van der Waals surface area contributed by atoms with E-state index in [1.54, 1.807) is 17.0 Å². The third-order valence-electron chi connectivity index (χ3n) is 6.02. The van der Waals surface area contributed by atoms with Crippen molar-refractivity contribution in [1.29, 1.82) is 0 Å². The van der Waals surface area contributed by atoms with Gasteiger partial charge in [0.25, 0.3) is 5.91 Å². The number of carboxylic acids is 1. The zero-order valence-electron chi connectivity index (χ0n) is 15.4. The highest BCUT2D eigenvalue weighted by molar-refractivity contribution is 5.95. The Morgan fingerprint density at radius 1 is 1.30 bits per heavy atom. The van der Waals surface area contributed by atoms with Crippen LogP contribution in [0.5, 0.6) is 0 Å². The van der Waals surface area contributed by atoms with Crippen LogP contribution in [0, 0.1) is 31.0 Å². The number of benzene rings is 1. The van der Waals surface area contributed by atoms with Gasteiger partial charge in [-0.2, -0.15) is 5.10 Å². The standard InChI is InChI=1S/C20H22FN3O3/c1-12-8-13(2)24(22-12)17-6-5-14(9-16(17)21)18(25)23-10-15-4-3-7-20(15,11-23)19(26)27/h5-6,8-9,15H,3-4,7,10-11H2,1-2H3,(H,26,27)/t15-,20+/m0/s1. The minimum absolute atomic E-state index is 0.0160. The average molecular weight is 371 g/mol. The monoisotopic (exact) mass is 371 g/mol. The number of carbonyl (C=O) groups excluding carboxylic acids is 1. The summed E-state index contributed by atoms with van der Waals surface area (Å²) in [4.78, 5) is 26.2. The number of rotatable bonds is 3. The molecule has 1 N–H and O–H groups in total. The lowest BCUT2D eigenvalue weighted by molar-refractivity contribution is -0.149. The fourth-order valence-corrected chi connectivity index (χ4v) is 4.66. The van der Waals surface area contributed by atoms with Crippen LogP contribution in [0.3, 0.4) is 0 Å². The molecule has 2 aliphatic rings. The van der Waals surface area contributed by atoms with Gasteiger partial charge < -0.3 is 10.0 Å². The van der Waals surface area contributed by atoms with Crippen molar-refractivity contribution < 1.29 is 19.1 Å². The largest absolute Gasteiger partial charge is 0.481 e. The number of halogens is 1. The Balaban J connectivity index is 1.59. The average Bonchev–Trinajstić information content (AvgIpc) is 3.26. The molecule has 142 valence electrons. The summed E-state index contributed by atoms with van der Waals surface area (Å²) in [5, 5.41) is 13.9. The van der Waals surface area contributed by atoms with Gasteiger partial charge in [0.15, 0.2) is 0 Å². The van der Waals surface area contributed by atoms with E-state index < -0.39 is 17.2 Å². The summed E-state index contributed by atoms with van der Waals surface area (Å²) < 4.78 is 16.2. The number of amides is 1. The van der Waals surface area contributed by atoms with E-state index >= 15 is 0 Å². The van der Waals surface area contributed by atoms with Crippen molar-refractivity contribution in [2.45, 2.75) is 33.1 Å². The molecule has 1 saturated heterocycles. The lowest BCUT2D eigenvalue weighted by Crippen LogP contribution is -2.37. The van der Waals surface area contributed by atoms with Crippen molar-refractivity contribution in [3.05, 3.63) is 47.0 Å². The highest BCUT2D eigenvalue weighted by Gasteiger charge is 2.55. The highest BCUT2D eigenvalue weighted by Crippen LogP contribution is 2.49. The second-order valence-electron chi connectivity index (χ2n) is 7.74. The van der Waals surface area contributed by atoms with Gasteiger partial charge >= 0.3 is 5.97 Å². The van der Waals surface area contributed by atoms with E-state index in [9.17, 15) is 19.1 Å². The number of aliphatic carboxylic acids is 1. The summed E-state index contributed by atoms with van der Waals surface area (Å²) in [6.45, 7) is 4.30. The lowest BCUT2D eigenvalue weighted by atomic mass is 9.81. The van der Waals surface area contributed by atoms with Crippen LogP contribution >= 0.6 is 0 Å². The van der Waals surface area contributed by atoms with Crippen LogP contribution in [-0.4, -0.2) is 44.8 Å². The Labute approximate surface area is 156 Å². The minimum atomic E-state index is -0.835. The van der Waals surface area contributed by atoms with E-state index in [4.69, 9.17) is 0 Å². The van der Waals surface area contributed by atoms with Gasteiger partial charge in [0.1, 0.15) is 11.5 Å². The van der Waals surface area contributed by atoms with Gasteiger partial charge in [-0.1, -0.05) is 6.42 Å².